The number of rotatable bonds is 6. The fourth-order valence-corrected chi connectivity index (χ4v) is 2.60. The highest BCUT2D eigenvalue weighted by molar-refractivity contribution is 5.77. The lowest BCUT2D eigenvalue weighted by atomic mass is 10.4. The van der Waals surface area contributed by atoms with Gasteiger partial charge in [0.05, 0.1) is 52.7 Å². The number of hydrogen-bond donors (Lipinski definition) is 0. The predicted octanol–water partition coefficient (Wildman–Crippen LogP) is -0.0444. The molecule has 3 heterocycles. The van der Waals surface area contributed by atoms with Crippen LogP contribution < -0.4 is 0 Å². The van der Waals surface area contributed by atoms with Crippen LogP contribution in [0.1, 0.15) is 11.4 Å². The van der Waals surface area contributed by atoms with Crippen LogP contribution in [0.3, 0.4) is 0 Å². The second kappa shape index (κ2) is 7.81. The Morgan fingerprint density at radius 2 is 1.21 bits per heavy atom. The summed E-state index contributed by atoms with van der Waals surface area (Å²) in [6.45, 7) is 2.44. The zero-order valence-corrected chi connectivity index (χ0v) is 15.2. The molecule has 1 saturated heterocycles. The Hall–Kier alpha value is -3.84. The van der Waals surface area contributed by atoms with Gasteiger partial charge in [0.2, 0.25) is 0 Å². The molecule has 14 heteroatoms. The van der Waals surface area contributed by atoms with Crippen molar-refractivity contribution in [3.05, 3.63) is 44.0 Å². The molecule has 2 aromatic heterocycles. The smallest absolute Gasteiger partial charge is 0.390 e. The van der Waals surface area contributed by atoms with Gasteiger partial charge in [-0.25, -0.2) is 9.13 Å². The molecular formula is C14H18N10O4. The monoisotopic (exact) mass is 390 g/mol. The first-order valence-electron chi connectivity index (χ1n) is 8.27. The van der Waals surface area contributed by atoms with Gasteiger partial charge < -0.3 is 20.2 Å². The lowest BCUT2D eigenvalue weighted by Gasteiger charge is -2.30. The first-order valence-corrected chi connectivity index (χ1v) is 8.27. The highest BCUT2D eigenvalue weighted by atomic mass is 16.6. The lowest BCUT2D eigenvalue weighted by molar-refractivity contribution is -0.396. The summed E-state index contributed by atoms with van der Waals surface area (Å²) in [7, 11) is 3.11. The van der Waals surface area contributed by atoms with E-state index in [9.17, 15) is 20.2 Å². The SMILES string of the molecule is Cn1c(C=NN2CCN(N=Cc3cnc([N+](=O)[O-])n3C)CC2)cnc1[N+](=O)[O-]. The molecule has 0 atom stereocenters. The number of nitro groups is 2. The fraction of sp³-hybridized carbons (Fsp3) is 0.429. The summed E-state index contributed by atoms with van der Waals surface area (Å²) in [6, 6.07) is 0. The van der Waals surface area contributed by atoms with E-state index < -0.39 is 9.85 Å². The highest BCUT2D eigenvalue weighted by Gasteiger charge is 2.18. The highest BCUT2D eigenvalue weighted by Crippen LogP contribution is 2.11. The van der Waals surface area contributed by atoms with Crippen LogP contribution in [-0.4, -0.2) is 77.6 Å². The van der Waals surface area contributed by atoms with Crippen molar-refractivity contribution < 1.29 is 9.85 Å². The van der Waals surface area contributed by atoms with Crippen molar-refractivity contribution in [2.75, 3.05) is 26.2 Å². The second-order valence-electron chi connectivity index (χ2n) is 5.99. The van der Waals surface area contributed by atoms with Gasteiger partial charge in [0.1, 0.15) is 12.4 Å². The lowest BCUT2D eigenvalue weighted by Crippen LogP contribution is -2.41. The molecule has 0 aliphatic carbocycles. The van der Waals surface area contributed by atoms with Crippen molar-refractivity contribution in [2.24, 2.45) is 24.3 Å². The Balaban J connectivity index is 1.55. The van der Waals surface area contributed by atoms with Crippen LogP contribution in [0.25, 0.3) is 0 Å². The van der Waals surface area contributed by atoms with Crippen molar-refractivity contribution in [2.45, 2.75) is 0 Å². The van der Waals surface area contributed by atoms with Crippen LogP contribution in [0.4, 0.5) is 11.9 Å². The van der Waals surface area contributed by atoms with E-state index in [1.807, 2.05) is 10.0 Å². The molecule has 14 nitrogen and oxygen atoms in total. The summed E-state index contributed by atoms with van der Waals surface area (Å²) >= 11 is 0. The van der Waals surface area contributed by atoms with Crippen molar-refractivity contribution >= 4 is 24.3 Å². The maximum absolute atomic E-state index is 10.8. The van der Waals surface area contributed by atoms with Crippen molar-refractivity contribution in [3.8, 4) is 0 Å². The third-order valence-electron chi connectivity index (χ3n) is 4.26. The van der Waals surface area contributed by atoms with Gasteiger partial charge in [0.15, 0.2) is 11.4 Å². The van der Waals surface area contributed by atoms with Crippen LogP contribution >= 0.6 is 0 Å². The van der Waals surface area contributed by atoms with Gasteiger partial charge in [0.25, 0.3) is 0 Å². The largest absolute Gasteiger partial charge is 0.434 e. The van der Waals surface area contributed by atoms with Crippen LogP contribution in [0.2, 0.25) is 0 Å². The summed E-state index contributed by atoms with van der Waals surface area (Å²) in [5.41, 5.74) is 1.06. The number of imidazole rings is 2. The Bertz CT molecular complexity index is 862. The Labute approximate surface area is 158 Å². The molecule has 0 unspecified atom stereocenters. The van der Waals surface area contributed by atoms with E-state index in [0.29, 0.717) is 37.6 Å². The van der Waals surface area contributed by atoms with E-state index >= 15 is 0 Å². The van der Waals surface area contributed by atoms with Crippen LogP contribution in [-0.2, 0) is 14.1 Å². The van der Waals surface area contributed by atoms with E-state index in [1.165, 1.54) is 34.0 Å². The van der Waals surface area contributed by atoms with Gasteiger partial charge in [-0.3, -0.25) is 10.0 Å². The minimum absolute atomic E-state index is 0.240. The molecule has 148 valence electrons. The minimum atomic E-state index is -0.551. The van der Waals surface area contributed by atoms with Gasteiger partial charge in [0, 0.05) is 0 Å². The number of hydrazone groups is 2. The third kappa shape index (κ3) is 3.94. The number of aromatic nitrogens is 4. The summed E-state index contributed by atoms with van der Waals surface area (Å²) in [6.07, 6.45) is 5.87. The zero-order chi connectivity index (χ0) is 20.3. The summed E-state index contributed by atoms with van der Waals surface area (Å²) in [4.78, 5) is 28.0. The molecule has 0 radical (unpaired) electrons. The molecule has 1 fully saturated rings. The van der Waals surface area contributed by atoms with Crippen LogP contribution in [0.5, 0.6) is 0 Å². The Morgan fingerprint density at radius 1 is 0.857 bits per heavy atom. The van der Waals surface area contributed by atoms with Gasteiger partial charge in [-0.05, 0) is 9.85 Å². The van der Waals surface area contributed by atoms with E-state index in [1.54, 1.807) is 14.1 Å². The van der Waals surface area contributed by atoms with Gasteiger partial charge >= 0.3 is 11.9 Å². The molecular weight excluding hydrogens is 372 g/mol. The maximum atomic E-state index is 10.8. The average Bonchev–Trinajstić information content (AvgIpc) is 3.22. The molecule has 1 aliphatic rings. The van der Waals surface area contributed by atoms with Gasteiger partial charge in [-0.15, -0.1) is 0 Å². The van der Waals surface area contributed by atoms with E-state index in [4.69, 9.17) is 0 Å². The Morgan fingerprint density at radius 3 is 1.50 bits per heavy atom. The normalized spacial score (nSPS) is 15.1. The first kappa shape index (κ1) is 18.9. The zero-order valence-electron chi connectivity index (χ0n) is 15.2. The molecule has 0 saturated carbocycles. The molecule has 0 amide bonds. The standard InChI is InChI=1S/C14H18N10O4/c1-19-11(7-15-13(19)23(25)26)9-17-21-3-5-22(6-4-21)18-10-12-8-16-14(20(12)2)24(27)28/h7-10H,3-6H2,1-2H3. The minimum Gasteiger partial charge on any atom is -0.390 e. The quantitative estimate of drug-likeness (QED) is 0.378. The van der Waals surface area contributed by atoms with Crippen LogP contribution in [0.15, 0.2) is 22.6 Å². The van der Waals surface area contributed by atoms with E-state index in [2.05, 4.69) is 20.2 Å². The first-order chi connectivity index (χ1) is 13.4. The van der Waals surface area contributed by atoms with Crippen molar-refractivity contribution in [1.82, 2.24) is 29.1 Å². The van der Waals surface area contributed by atoms with Crippen molar-refractivity contribution in [1.29, 1.82) is 0 Å². The summed E-state index contributed by atoms with van der Waals surface area (Å²) in [5, 5.41) is 33.9. The Kier molecular flexibility index (Phi) is 5.28. The van der Waals surface area contributed by atoms with Crippen LogP contribution in [0, 0.1) is 20.2 Å². The molecule has 28 heavy (non-hydrogen) atoms. The molecule has 2 aromatic rings. The molecule has 0 spiro atoms. The maximum Gasteiger partial charge on any atom is 0.434 e. The summed E-state index contributed by atoms with van der Waals surface area (Å²) < 4.78 is 2.72. The molecule has 3 rings (SSSR count). The third-order valence-corrected chi connectivity index (χ3v) is 4.26. The predicted molar refractivity (Wildman–Crippen MR) is 98.1 cm³/mol. The average molecular weight is 390 g/mol. The van der Waals surface area contributed by atoms with Gasteiger partial charge in [-0.1, -0.05) is 9.97 Å². The summed E-state index contributed by atoms with van der Waals surface area (Å²) in [5.74, 6) is -0.480. The number of piperazine rings is 1. The molecule has 0 N–H and O–H groups in total. The second-order valence-corrected chi connectivity index (χ2v) is 5.99. The van der Waals surface area contributed by atoms with Crippen molar-refractivity contribution in [3.63, 3.8) is 0 Å². The molecule has 1 aliphatic heterocycles. The van der Waals surface area contributed by atoms with Gasteiger partial charge in [-0.2, -0.15) is 10.2 Å². The number of hydrogen-bond acceptors (Lipinski definition) is 10. The topological polar surface area (TPSA) is 153 Å². The molecule has 0 bridgehead atoms. The van der Waals surface area contributed by atoms with E-state index in [-0.39, 0.29) is 11.9 Å². The molecule has 0 aromatic carbocycles. The number of nitrogens with zero attached hydrogens (tertiary/aromatic N) is 10. The van der Waals surface area contributed by atoms with E-state index in [0.717, 1.165) is 0 Å². The fourth-order valence-electron chi connectivity index (χ4n) is 2.60.